The maximum absolute atomic E-state index is 12.9. The highest BCUT2D eigenvalue weighted by molar-refractivity contribution is 5.29. The van der Waals surface area contributed by atoms with Crippen molar-refractivity contribution in [3.05, 3.63) is 78.1 Å². The molecule has 24 heavy (non-hydrogen) atoms. The minimum atomic E-state index is -0.688. The van der Waals surface area contributed by atoms with Crippen LogP contribution < -0.4 is 0 Å². The molecule has 5 nitrogen and oxygen atoms in total. The van der Waals surface area contributed by atoms with Gasteiger partial charge in [-0.05, 0) is 36.9 Å². The van der Waals surface area contributed by atoms with E-state index in [1.165, 1.54) is 12.1 Å². The number of hydrogen-bond acceptors (Lipinski definition) is 4. The van der Waals surface area contributed by atoms with Crippen molar-refractivity contribution in [1.29, 1.82) is 0 Å². The van der Waals surface area contributed by atoms with Crippen molar-refractivity contribution in [3.63, 3.8) is 0 Å². The summed E-state index contributed by atoms with van der Waals surface area (Å²) in [5, 5.41) is 14.7. The topological polar surface area (TPSA) is 54.2 Å². The van der Waals surface area contributed by atoms with Crippen LogP contribution in [0.1, 0.15) is 17.5 Å². The molecule has 0 saturated heterocycles. The minimum absolute atomic E-state index is 0.310. The van der Waals surface area contributed by atoms with Gasteiger partial charge in [0.25, 0.3) is 0 Å². The highest BCUT2D eigenvalue weighted by Gasteiger charge is 2.13. The molecule has 0 radical (unpaired) electrons. The first-order valence-corrected chi connectivity index (χ1v) is 7.70. The first-order valence-electron chi connectivity index (χ1n) is 7.70. The number of rotatable bonds is 6. The SMILES string of the molecule is CN(Cc1ncn(-c2ccccc2)n1)CC(O)c1ccc(F)cc1. The number of aliphatic hydroxyl groups is 1. The fraction of sp³-hybridized carbons (Fsp3) is 0.222. The molecule has 0 saturated carbocycles. The van der Waals surface area contributed by atoms with Crippen molar-refractivity contribution in [3.8, 4) is 5.69 Å². The molecule has 1 N–H and O–H groups in total. The second kappa shape index (κ2) is 7.33. The number of aromatic nitrogens is 3. The summed E-state index contributed by atoms with van der Waals surface area (Å²) >= 11 is 0. The monoisotopic (exact) mass is 326 g/mol. The summed E-state index contributed by atoms with van der Waals surface area (Å²) < 4.78 is 14.7. The average molecular weight is 326 g/mol. The van der Waals surface area contributed by atoms with E-state index < -0.39 is 6.10 Å². The quantitative estimate of drug-likeness (QED) is 0.756. The molecule has 0 aliphatic carbocycles. The van der Waals surface area contributed by atoms with Gasteiger partial charge in [0.1, 0.15) is 12.1 Å². The van der Waals surface area contributed by atoms with Crippen LogP contribution in [0.25, 0.3) is 5.69 Å². The smallest absolute Gasteiger partial charge is 0.164 e. The van der Waals surface area contributed by atoms with Crippen molar-refractivity contribution in [2.45, 2.75) is 12.6 Å². The van der Waals surface area contributed by atoms with E-state index in [9.17, 15) is 9.50 Å². The van der Waals surface area contributed by atoms with Crippen LogP contribution in [0, 0.1) is 5.82 Å². The van der Waals surface area contributed by atoms with Gasteiger partial charge in [-0.25, -0.2) is 14.1 Å². The van der Waals surface area contributed by atoms with E-state index in [0.717, 1.165) is 5.69 Å². The highest BCUT2D eigenvalue weighted by Crippen LogP contribution is 2.15. The van der Waals surface area contributed by atoms with E-state index >= 15 is 0 Å². The van der Waals surface area contributed by atoms with E-state index in [0.29, 0.717) is 24.5 Å². The van der Waals surface area contributed by atoms with Gasteiger partial charge in [0.2, 0.25) is 0 Å². The van der Waals surface area contributed by atoms with Gasteiger partial charge >= 0.3 is 0 Å². The number of para-hydroxylation sites is 1. The van der Waals surface area contributed by atoms with Crippen molar-refractivity contribution in [1.82, 2.24) is 19.7 Å². The van der Waals surface area contributed by atoms with Crippen LogP contribution in [0.5, 0.6) is 0 Å². The molecule has 1 heterocycles. The number of hydrogen-bond donors (Lipinski definition) is 1. The van der Waals surface area contributed by atoms with E-state index in [4.69, 9.17) is 0 Å². The van der Waals surface area contributed by atoms with Gasteiger partial charge in [0.05, 0.1) is 18.3 Å². The van der Waals surface area contributed by atoms with Crippen LogP contribution in [0.15, 0.2) is 60.9 Å². The molecular weight excluding hydrogens is 307 g/mol. The third-order valence-corrected chi connectivity index (χ3v) is 3.71. The molecule has 1 atom stereocenters. The first kappa shape index (κ1) is 16.3. The van der Waals surface area contributed by atoms with Gasteiger partial charge in [-0.15, -0.1) is 5.10 Å². The lowest BCUT2D eigenvalue weighted by Gasteiger charge is -2.19. The lowest BCUT2D eigenvalue weighted by atomic mass is 10.1. The zero-order valence-electron chi connectivity index (χ0n) is 13.4. The molecule has 0 bridgehead atoms. The Morgan fingerprint density at radius 3 is 2.54 bits per heavy atom. The predicted molar refractivity (Wildman–Crippen MR) is 89.1 cm³/mol. The largest absolute Gasteiger partial charge is 0.387 e. The van der Waals surface area contributed by atoms with Crippen LogP contribution in [0.4, 0.5) is 4.39 Å². The normalized spacial score (nSPS) is 12.5. The molecule has 1 unspecified atom stereocenters. The Morgan fingerprint density at radius 2 is 1.83 bits per heavy atom. The molecule has 0 amide bonds. The van der Waals surface area contributed by atoms with Gasteiger partial charge in [0, 0.05) is 6.54 Å². The van der Waals surface area contributed by atoms with Crippen LogP contribution in [0.2, 0.25) is 0 Å². The Hall–Kier alpha value is -2.57. The standard InChI is InChI=1S/C18H19FN4O/c1-22(11-17(24)14-7-9-15(19)10-8-14)12-18-20-13-23(21-18)16-5-3-2-4-6-16/h2-10,13,17,24H,11-12H2,1H3. The second-order valence-electron chi connectivity index (χ2n) is 5.71. The molecule has 1 aromatic heterocycles. The molecule has 3 aromatic rings. The van der Waals surface area contributed by atoms with Crippen molar-refractivity contribution in [2.75, 3.05) is 13.6 Å². The predicted octanol–water partition coefficient (Wildman–Crippen LogP) is 2.57. The fourth-order valence-electron chi connectivity index (χ4n) is 2.47. The maximum atomic E-state index is 12.9. The maximum Gasteiger partial charge on any atom is 0.164 e. The molecule has 6 heteroatoms. The molecule has 0 spiro atoms. The average Bonchev–Trinajstić information content (AvgIpc) is 3.04. The van der Waals surface area contributed by atoms with Crippen LogP contribution in [-0.4, -0.2) is 38.4 Å². The molecule has 0 aliphatic rings. The first-order chi connectivity index (χ1) is 11.6. The highest BCUT2D eigenvalue weighted by atomic mass is 19.1. The second-order valence-corrected chi connectivity index (χ2v) is 5.71. The minimum Gasteiger partial charge on any atom is -0.387 e. The number of nitrogens with zero attached hydrogens (tertiary/aromatic N) is 4. The third-order valence-electron chi connectivity index (χ3n) is 3.71. The van der Waals surface area contributed by atoms with Crippen molar-refractivity contribution < 1.29 is 9.50 Å². The number of likely N-dealkylation sites (N-methyl/N-ethyl adjacent to an activating group) is 1. The summed E-state index contributed by atoms with van der Waals surface area (Å²) in [5.74, 6) is 0.364. The summed E-state index contributed by atoms with van der Waals surface area (Å²) in [4.78, 5) is 6.23. The number of benzene rings is 2. The van der Waals surface area contributed by atoms with Crippen LogP contribution >= 0.6 is 0 Å². The molecule has 2 aromatic carbocycles. The van der Waals surface area contributed by atoms with Gasteiger partial charge in [-0.2, -0.15) is 0 Å². The zero-order valence-corrected chi connectivity index (χ0v) is 13.4. The van der Waals surface area contributed by atoms with Gasteiger partial charge in [0.15, 0.2) is 5.82 Å². The Kier molecular flexibility index (Phi) is 4.98. The number of halogens is 1. The third kappa shape index (κ3) is 4.04. The Morgan fingerprint density at radius 1 is 1.12 bits per heavy atom. The van der Waals surface area contributed by atoms with Crippen molar-refractivity contribution in [2.24, 2.45) is 0 Å². The Balaban J connectivity index is 1.60. The summed E-state index contributed by atoms with van der Waals surface area (Å²) in [6.45, 7) is 0.920. The Bertz CT molecular complexity index is 773. The van der Waals surface area contributed by atoms with Crippen LogP contribution in [0.3, 0.4) is 0 Å². The summed E-state index contributed by atoms with van der Waals surface area (Å²) in [6.07, 6.45) is 0.987. The molecule has 0 fully saturated rings. The molecular formula is C18H19FN4O. The molecule has 124 valence electrons. The van der Waals surface area contributed by atoms with E-state index in [2.05, 4.69) is 10.1 Å². The lowest BCUT2D eigenvalue weighted by molar-refractivity contribution is 0.122. The van der Waals surface area contributed by atoms with E-state index in [1.54, 1.807) is 23.1 Å². The van der Waals surface area contributed by atoms with E-state index in [-0.39, 0.29) is 5.82 Å². The zero-order chi connectivity index (χ0) is 16.9. The van der Waals surface area contributed by atoms with Gasteiger partial charge < -0.3 is 5.11 Å². The van der Waals surface area contributed by atoms with E-state index in [1.807, 2.05) is 42.3 Å². The van der Waals surface area contributed by atoms with Crippen LogP contribution in [-0.2, 0) is 6.54 Å². The summed E-state index contributed by atoms with van der Waals surface area (Å²) in [6, 6.07) is 15.6. The number of aliphatic hydroxyl groups excluding tert-OH is 1. The van der Waals surface area contributed by atoms with Crippen molar-refractivity contribution >= 4 is 0 Å². The molecule has 0 aliphatic heterocycles. The fourth-order valence-corrected chi connectivity index (χ4v) is 2.47. The summed E-state index contributed by atoms with van der Waals surface area (Å²) in [5.41, 5.74) is 1.64. The summed E-state index contributed by atoms with van der Waals surface area (Å²) in [7, 11) is 1.88. The molecule has 3 rings (SSSR count). The van der Waals surface area contributed by atoms with Gasteiger partial charge in [-0.1, -0.05) is 30.3 Å². The Labute approximate surface area is 140 Å². The van der Waals surface area contributed by atoms with Gasteiger partial charge in [-0.3, -0.25) is 4.90 Å². The lowest BCUT2D eigenvalue weighted by Crippen LogP contribution is -2.24.